The molecule has 1 heterocycles. The number of nitrogens with one attached hydrogen (secondary N) is 1. The number of rotatable bonds is 5. The summed E-state index contributed by atoms with van der Waals surface area (Å²) in [5, 5.41) is 3.39. The number of hydrogen-bond donors (Lipinski definition) is 1. The molecule has 3 rings (SSSR count). The highest BCUT2D eigenvalue weighted by molar-refractivity contribution is 6.33. The third kappa shape index (κ3) is 4.46. The molecule has 0 radical (unpaired) electrons. The number of aryl methyl sites for hydroxylation is 1. The molecule has 0 unspecified atom stereocenters. The predicted octanol–water partition coefficient (Wildman–Crippen LogP) is 4.65. The van der Waals surface area contributed by atoms with Crippen molar-refractivity contribution in [3.05, 3.63) is 64.6 Å². The minimum Gasteiger partial charge on any atom is -0.464 e. The third-order valence-electron chi connectivity index (χ3n) is 4.01. The Morgan fingerprint density at radius 2 is 2.04 bits per heavy atom. The van der Waals surface area contributed by atoms with Gasteiger partial charge in [0.25, 0.3) is 5.91 Å². The van der Waals surface area contributed by atoms with Gasteiger partial charge in [-0.05, 0) is 43.7 Å². The Balaban J connectivity index is 1.61. The molecule has 0 aliphatic rings. The van der Waals surface area contributed by atoms with Crippen molar-refractivity contribution in [2.45, 2.75) is 26.4 Å². The summed E-state index contributed by atoms with van der Waals surface area (Å²) in [5.41, 5.74) is 2.66. The zero-order chi connectivity index (χ0) is 19.6. The molecule has 0 saturated carbocycles. The highest BCUT2D eigenvalue weighted by Crippen LogP contribution is 2.24. The second kappa shape index (κ2) is 7.80. The van der Waals surface area contributed by atoms with E-state index in [1.807, 2.05) is 25.1 Å². The van der Waals surface area contributed by atoms with Crippen molar-refractivity contribution < 1.29 is 23.1 Å². The quantitative estimate of drug-likeness (QED) is 0.645. The van der Waals surface area contributed by atoms with Gasteiger partial charge in [-0.25, -0.2) is 4.39 Å². The fourth-order valence-electron chi connectivity index (χ4n) is 2.60. The van der Waals surface area contributed by atoms with E-state index >= 15 is 0 Å². The molecule has 140 valence electrons. The summed E-state index contributed by atoms with van der Waals surface area (Å²) in [6.45, 7) is 3.39. The van der Waals surface area contributed by atoms with Gasteiger partial charge in [-0.2, -0.15) is 0 Å². The highest BCUT2D eigenvalue weighted by Gasteiger charge is 2.20. The molecule has 2 aromatic carbocycles. The Labute approximate surface area is 160 Å². The first-order valence-corrected chi connectivity index (χ1v) is 8.63. The lowest BCUT2D eigenvalue weighted by Gasteiger charge is -2.14. The van der Waals surface area contributed by atoms with Crippen molar-refractivity contribution in [2.24, 2.45) is 0 Å². The van der Waals surface area contributed by atoms with Gasteiger partial charge in [0.1, 0.15) is 11.4 Å². The average Bonchev–Trinajstić information content (AvgIpc) is 2.98. The van der Waals surface area contributed by atoms with Gasteiger partial charge in [-0.3, -0.25) is 9.59 Å². The second-order valence-electron chi connectivity index (χ2n) is 6.18. The molecule has 0 spiro atoms. The Kier molecular flexibility index (Phi) is 5.46. The van der Waals surface area contributed by atoms with Crippen molar-refractivity contribution in [1.82, 2.24) is 0 Å². The van der Waals surface area contributed by atoms with Crippen LogP contribution in [0.1, 0.15) is 18.1 Å². The van der Waals surface area contributed by atoms with Crippen LogP contribution in [0.4, 0.5) is 10.1 Å². The van der Waals surface area contributed by atoms with Crippen LogP contribution >= 0.6 is 11.6 Å². The van der Waals surface area contributed by atoms with E-state index in [2.05, 4.69) is 5.32 Å². The molecular formula is C20H17ClFNO4. The number of halogens is 2. The largest absolute Gasteiger partial charge is 0.464 e. The molecule has 0 aliphatic carbocycles. The van der Waals surface area contributed by atoms with E-state index in [-0.39, 0.29) is 17.1 Å². The molecule has 27 heavy (non-hydrogen) atoms. The first-order chi connectivity index (χ1) is 12.8. The molecule has 1 N–H and O–H groups in total. The SMILES string of the molecule is Cc1ccc2c(CC(=O)O[C@@H](C)C(=O)Nc3ccc(F)cc3Cl)coc2c1. The maximum Gasteiger partial charge on any atom is 0.311 e. The van der Waals surface area contributed by atoms with Crippen molar-refractivity contribution in [2.75, 3.05) is 5.32 Å². The van der Waals surface area contributed by atoms with E-state index in [0.717, 1.165) is 17.0 Å². The highest BCUT2D eigenvalue weighted by atomic mass is 35.5. The van der Waals surface area contributed by atoms with Crippen LogP contribution in [0.25, 0.3) is 11.0 Å². The van der Waals surface area contributed by atoms with Gasteiger partial charge in [0.2, 0.25) is 0 Å². The molecule has 1 atom stereocenters. The monoisotopic (exact) mass is 389 g/mol. The van der Waals surface area contributed by atoms with Crippen LogP contribution in [0.15, 0.2) is 47.1 Å². The van der Waals surface area contributed by atoms with E-state index in [1.165, 1.54) is 25.3 Å². The van der Waals surface area contributed by atoms with Crippen molar-refractivity contribution in [3.63, 3.8) is 0 Å². The van der Waals surface area contributed by atoms with Gasteiger partial charge in [0.05, 0.1) is 23.4 Å². The smallest absolute Gasteiger partial charge is 0.311 e. The zero-order valence-corrected chi connectivity index (χ0v) is 15.5. The van der Waals surface area contributed by atoms with Crippen LogP contribution in [-0.4, -0.2) is 18.0 Å². The summed E-state index contributed by atoms with van der Waals surface area (Å²) in [6.07, 6.45) is 0.443. The number of fused-ring (bicyclic) bond motifs is 1. The van der Waals surface area contributed by atoms with Crippen molar-refractivity contribution >= 4 is 40.1 Å². The first-order valence-electron chi connectivity index (χ1n) is 8.25. The molecule has 0 fully saturated rings. The minimum atomic E-state index is -1.04. The van der Waals surface area contributed by atoms with Crippen LogP contribution in [0, 0.1) is 12.7 Å². The fraction of sp³-hybridized carbons (Fsp3) is 0.200. The second-order valence-corrected chi connectivity index (χ2v) is 6.59. The summed E-state index contributed by atoms with van der Waals surface area (Å²) >= 11 is 5.87. The summed E-state index contributed by atoms with van der Waals surface area (Å²) in [6, 6.07) is 9.28. The Hall–Kier alpha value is -2.86. The van der Waals surface area contributed by atoms with Gasteiger partial charge in [-0.1, -0.05) is 23.7 Å². The third-order valence-corrected chi connectivity index (χ3v) is 4.33. The predicted molar refractivity (Wildman–Crippen MR) is 100 cm³/mol. The number of carbonyl (C=O) groups is 2. The molecule has 7 heteroatoms. The van der Waals surface area contributed by atoms with Crippen LogP contribution < -0.4 is 5.32 Å². The molecule has 0 bridgehead atoms. The topological polar surface area (TPSA) is 68.5 Å². The molecular weight excluding hydrogens is 373 g/mol. The lowest BCUT2D eigenvalue weighted by Crippen LogP contribution is -2.30. The summed E-state index contributed by atoms with van der Waals surface area (Å²) in [5.74, 6) is -1.64. The Morgan fingerprint density at radius 3 is 2.78 bits per heavy atom. The maximum absolute atomic E-state index is 13.1. The van der Waals surface area contributed by atoms with Crippen molar-refractivity contribution in [3.8, 4) is 0 Å². The summed E-state index contributed by atoms with van der Waals surface area (Å²) < 4.78 is 23.7. The molecule has 3 aromatic rings. The zero-order valence-electron chi connectivity index (χ0n) is 14.7. The maximum atomic E-state index is 13.1. The van der Waals surface area contributed by atoms with Gasteiger partial charge in [0.15, 0.2) is 6.10 Å². The summed E-state index contributed by atoms with van der Waals surface area (Å²) in [4.78, 5) is 24.4. The van der Waals surface area contributed by atoms with Crippen LogP contribution in [-0.2, 0) is 20.7 Å². The lowest BCUT2D eigenvalue weighted by molar-refractivity contribution is -0.152. The van der Waals surface area contributed by atoms with Gasteiger partial charge >= 0.3 is 5.97 Å². The molecule has 1 aromatic heterocycles. The number of anilines is 1. The molecule has 1 amide bonds. The fourth-order valence-corrected chi connectivity index (χ4v) is 2.81. The average molecular weight is 390 g/mol. The number of esters is 1. The van der Waals surface area contributed by atoms with E-state index in [9.17, 15) is 14.0 Å². The minimum absolute atomic E-state index is 0.0228. The van der Waals surface area contributed by atoms with E-state index in [4.69, 9.17) is 20.8 Å². The summed E-state index contributed by atoms with van der Waals surface area (Å²) in [7, 11) is 0. The van der Waals surface area contributed by atoms with E-state index in [0.29, 0.717) is 11.1 Å². The van der Waals surface area contributed by atoms with Gasteiger partial charge in [-0.15, -0.1) is 0 Å². The standard InChI is InChI=1S/C20H17ClFNO4/c1-11-3-5-15-13(10-26-18(15)7-11)8-19(24)27-12(2)20(25)23-17-6-4-14(22)9-16(17)21/h3-7,9-10,12H,8H2,1-2H3,(H,23,25)/t12-/m0/s1. The molecule has 0 saturated heterocycles. The van der Waals surface area contributed by atoms with Crippen LogP contribution in [0.5, 0.6) is 0 Å². The van der Waals surface area contributed by atoms with Crippen molar-refractivity contribution in [1.29, 1.82) is 0 Å². The molecule has 5 nitrogen and oxygen atoms in total. The van der Waals surface area contributed by atoms with Gasteiger partial charge < -0.3 is 14.5 Å². The lowest BCUT2D eigenvalue weighted by atomic mass is 10.1. The van der Waals surface area contributed by atoms with E-state index < -0.39 is 23.8 Å². The Bertz CT molecular complexity index is 1010. The van der Waals surface area contributed by atoms with Gasteiger partial charge in [0, 0.05) is 10.9 Å². The van der Waals surface area contributed by atoms with Crippen LogP contribution in [0.3, 0.4) is 0 Å². The number of ether oxygens (including phenoxy) is 1. The number of carbonyl (C=O) groups excluding carboxylic acids is 2. The first kappa shape index (κ1) is 18.9. The molecule has 0 aliphatic heterocycles. The normalized spacial score (nSPS) is 12.0. The Morgan fingerprint density at radius 1 is 1.26 bits per heavy atom. The number of hydrogen-bond acceptors (Lipinski definition) is 4. The number of furan rings is 1. The number of benzene rings is 2. The number of amides is 1. The van der Waals surface area contributed by atoms with Crippen LogP contribution in [0.2, 0.25) is 5.02 Å². The van der Waals surface area contributed by atoms with E-state index in [1.54, 1.807) is 0 Å².